The fourth-order valence-electron chi connectivity index (χ4n) is 2.53. The van der Waals surface area contributed by atoms with E-state index in [2.05, 4.69) is 15.3 Å². The number of carbonyl (C=O) groups excluding carboxylic acids is 1. The van der Waals surface area contributed by atoms with E-state index in [0.717, 1.165) is 36.5 Å². The summed E-state index contributed by atoms with van der Waals surface area (Å²) in [5, 5.41) is 4.18. The molecule has 0 atom stereocenters. The van der Waals surface area contributed by atoms with Gasteiger partial charge in [0.25, 0.3) is 5.91 Å². The average Bonchev–Trinajstić information content (AvgIpc) is 3.05. The maximum Gasteiger partial charge on any atom is 0.265 e. The molecule has 0 spiro atoms. The van der Waals surface area contributed by atoms with Gasteiger partial charge in [-0.05, 0) is 38.1 Å². The van der Waals surface area contributed by atoms with Crippen LogP contribution in [0.25, 0.3) is 10.6 Å². The van der Waals surface area contributed by atoms with Gasteiger partial charge in [-0.2, -0.15) is 0 Å². The number of amides is 1. The Morgan fingerprint density at radius 3 is 2.57 bits per heavy atom. The van der Waals surface area contributed by atoms with E-state index in [4.69, 9.17) is 0 Å². The quantitative estimate of drug-likeness (QED) is 0.896. The van der Waals surface area contributed by atoms with Gasteiger partial charge < -0.3 is 10.2 Å². The van der Waals surface area contributed by atoms with Crippen molar-refractivity contribution in [2.45, 2.75) is 18.9 Å². The molecule has 3 rings (SSSR count). The fraction of sp³-hybridized carbons (Fsp3) is 0.400. The minimum atomic E-state index is 0. The molecule has 1 saturated heterocycles. The maximum atomic E-state index is 12.6. The Bertz CT molecular complexity index is 617. The van der Waals surface area contributed by atoms with Crippen molar-refractivity contribution in [1.29, 1.82) is 0 Å². The summed E-state index contributed by atoms with van der Waals surface area (Å²) in [7, 11) is 1.89. The van der Waals surface area contributed by atoms with Crippen LogP contribution < -0.4 is 5.32 Å². The highest BCUT2D eigenvalue weighted by atomic mass is 35.5. The second-order valence-electron chi connectivity index (χ2n) is 5.16. The number of thiazole rings is 1. The predicted octanol–water partition coefficient (Wildman–Crippen LogP) is 2.87. The number of aromatic nitrogens is 2. The normalized spacial score (nSPS) is 14.5. The molecule has 5 nitrogen and oxygen atoms in total. The molecule has 0 radical (unpaired) electrons. The van der Waals surface area contributed by atoms with E-state index in [-0.39, 0.29) is 30.7 Å². The lowest BCUT2D eigenvalue weighted by Gasteiger charge is -2.31. The number of rotatable bonds is 3. The highest BCUT2D eigenvalue weighted by molar-refractivity contribution is 7.16. The second kappa shape index (κ2) is 9.17. The van der Waals surface area contributed by atoms with Crippen LogP contribution in [0.4, 0.5) is 0 Å². The zero-order valence-electron chi connectivity index (χ0n) is 12.8. The first kappa shape index (κ1) is 19.8. The minimum Gasteiger partial charge on any atom is -0.338 e. The number of hydrogen-bond acceptors (Lipinski definition) is 5. The van der Waals surface area contributed by atoms with Gasteiger partial charge in [0.05, 0.1) is 6.20 Å². The molecule has 0 saturated carbocycles. The highest BCUT2D eigenvalue weighted by Gasteiger charge is 2.24. The molecule has 1 amide bonds. The Morgan fingerprint density at radius 2 is 1.91 bits per heavy atom. The Hall–Kier alpha value is -1.21. The summed E-state index contributed by atoms with van der Waals surface area (Å²) in [6, 6.07) is 4.14. The molecule has 1 N–H and O–H groups in total. The van der Waals surface area contributed by atoms with Crippen LogP contribution >= 0.6 is 36.2 Å². The third-order valence-electron chi connectivity index (χ3n) is 3.82. The van der Waals surface area contributed by atoms with Crippen LogP contribution in [0.3, 0.4) is 0 Å². The van der Waals surface area contributed by atoms with Gasteiger partial charge in [0.15, 0.2) is 0 Å². The first-order valence-corrected chi connectivity index (χ1v) is 7.91. The number of carbonyl (C=O) groups is 1. The van der Waals surface area contributed by atoms with Gasteiger partial charge >= 0.3 is 0 Å². The van der Waals surface area contributed by atoms with Crippen molar-refractivity contribution < 1.29 is 4.79 Å². The first-order valence-electron chi connectivity index (χ1n) is 7.10. The summed E-state index contributed by atoms with van der Waals surface area (Å²) < 4.78 is 0. The first-order chi connectivity index (χ1) is 10.3. The topological polar surface area (TPSA) is 58.1 Å². The van der Waals surface area contributed by atoms with Crippen LogP contribution in [0.15, 0.2) is 30.7 Å². The molecule has 2 aromatic rings. The maximum absolute atomic E-state index is 12.6. The van der Waals surface area contributed by atoms with E-state index in [0.29, 0.717) is 10.9 Å². The van der Waals surface area contributed by atoms with E-state index >= 15 is 0 Å². The molecule has 1 fully saturated rings. The Kier molecular flexibility index (Phi) is 7.91. The van der Waals surface area contributed by atoms with Gasteiger partial charge in [-0.25, -0.2) is 4.98 Å². The van der Waals surface area contributed by atoms with Crippen LogP contribution in [0, 0.1) is 0 Å². The van der Waals surface area contributed by atoms with E-state index in [9.17, 15) is 4.79 Å². The lowest BCUT2D eigenvalue weighted by Crippen LogP contribution is -2.43. The SMILES string of the molecule is CN(C(=O)c1cnc(-c2ccncc2)s1)C1CCNCC1.Cl.Cl. The van der Waals surface area contributed by atoms with Crippen LogP contribution in [0.1, 0.15) is 22.5 Å². The summed E-state index contributed by atoms with van der Waals surface area (Å²) in [6.07, 6.45) is 7.18. The van der Waals surface area contributed by atoms with E-state index in [1.54, 1.807) is 18.6 Å². The van der Waals surface area contributed by atoms with Crippen molar-refractivity contribution >= 4 is 42.1 Å². The van der Waals surface area contributed by atoms with Gasteiger partial charge in [0.1, 0.15) is 9.88 Å². The molecule has 126 valence electrons. The van der Waals surface area contributed by atoms with Gasteiger partial charge in [-0.1, -0.05) is 0 Å². The molecular formula is C15H20Cl2N4OS. The van der Waals surface area contributed by atoms with Gasteiger partial charge in [0.2, 0.25) is 0 Å². The lowest BCUT2D eigenvalue weighted by molar-refractivity contribution is 0.0708. The summed E-state index contributed by atoms with van der Waals surface area (Å²) in [6.45, 7) is 1.96. The van der Waals surface area contributed by atoms with E-state index < -0.39 is 0 Å². The molecule has 8 heteroatoms. The molecule has 23 heavy (non-hydrogen) atoms. The second-order valence-corrected chi connectivity index (χ2v) is 6.19. The monoisotopic (exact) mass is 374 g/mol. The zero-order valence-corrected chi connectivity index (χ0v) is 15.2. The van der Waals surface area contributed by atoms with Crippen molar-refractivity contribution in [1.82, 2.24) is 20.2 Å². The summed E-state index contributed by atoms with van der Waals surface area (Å²) in [5.41, 5.74) is 0.999. The molecule has 0 aliphatic carbocycles. The number of piperidine rings is 1. The minimum absolute atomic E-state index is 0. The van der Waals surface area contributed by atoms with Gasteiger partial charge in [-0.15, -0.1) is 36.2 Å². The Morgan fingerprint density at radius 1 is 1.26 bits per heavy atom. The van der Waals surface area contributed by atoms with Crippen molar-refractivity contribution in [3.8, 4) is 10.6 Å². The molecule has 0 aromatic carbocycles. The fourth-order valence-corrected chi connectivity index (χ4v) is 3.44. The van der Waals surface area contributed by atoms with E-state index in [1.165, 1.54) is 11.3 Å². The summed E-state index contributed by atoms with van der Waals surface area (Å²) >= 11 is 1.44. The van der Waals surface area contributed by atoms with Gasteiger partial charge in [0, 0.05) is 31.0 Å². The third kappa shape index (κ3) is 4.64. The van der Waals surface area contributed by atoms with Crippen LogP contribution in [0.2, 0.25) is 0 Å². The summed E-state index contributed by atoms with van der Waals surface area (Å²) in [5.74, 6) is 0.0692. The molecular weight excluding hydrogens is 355 g/mol. The molecule has 3 heterocycles. The third-order valence-corrected chi connectivity index (χ3v) is 4.85. The van der Waals surface area contributed by atoms with Crippen LogP contribution in [-0.4, -0.2) is 47.0 Å². The molecule has 0 bridgehead atoms. The van der Waals surface area contributed by atoms with Crippen molar-refractivity contribution in [3.05, 3.63) is 35.6 Å². The predicted molar refractivity (Wildman–Crippen MR) is 97.8 cm³/mol. The number of nitrogens with one attached hydrogen (secondary N) is 1. The average molecular weight is 375 g/mol. The van der Waals surface area contributed by atoms with Crippen LogP contribution in [-0.2, 0) is 0 Å². The number of pyridine rings is 1. The van der Waals surface area contributed by atoms with Crippen molar-refractivity contribution in [3.63, 3.8) is 0 Å². The number of nitrogens with zero attached hydrogens (tertiary/aromatic N) is 3. The number of halogens is 2. The standard InChI is InChI=1S/C15H18N4OS.2ClH/c1-19(12-4-8-17-9-5-12)15(20)13-10-18-14(21-13)11-2-6-16-7-3-11;;/h2-3,6-7,10,12,17H,4-5,8-9H2,1H3;2*1H. The summed E-state index contributed by atoms with van der Waals surface area (Å²) in [4.78, 5) is 23.5. The van der Waals surface area contributed by atoms with Gasteiger partial charge in [-0.3, -0.25) is 9.78 Å². The lowest BCUT2D eigenvalue weighted by atomic mass is 10.1. The Labute approximate surface area is 152 Å². The molecule has 2 aromatic heterocycles. The molecule has 0 unspecified atom stereocenters. The zero-order chi connectivity index (χ0) is 14.7. The van der Waals surface area contributed by atoms with Crippen LogP contribution in [0.5, 0.6) is 0 Å². The van der Waals surface area contributed by atoms with E-state index in [1.807, 2.05) is 24.1 Å². The van der Waals surface area contributed by atoms with Crippen molar-refractivity contribution in [2.75, 3.05) is 20.1 Å². The molecule has 1 aliphatic heterocycles. The largest absolute Gasteiger partial charge is 0.338 e. The highest BCUT2D eigenvalue weighted by Crippen LogP contribution is 2.26. The number of hydrogen-bond donors (Lipinski definition) is 1. The van der Waals surface area contributed by atoms with Crippen molar-refractivity contribution in [2.24, 2.45) is 0 Å². The Balaban J connectivity index is 0.00000132. The smallest absolute Gasteiger partial charge is 0.265 e. The molecule has 1 aliphatic rings.